The van der Waals surface area contributed by atoms with Crippen molar-refractivity contribution < 1.29 is 4.79 Å². The van der Waals surface area contributed by atoms with Crippen LogP contribution in [0.4, 0.5) is 5.69 Å². The summed E-state index contributed by atoms with van der Waals surface area (Å²) in [5, 5.41) is 4.13. The van der Waals surface area contributed by atoms with Crippen molar-refractivity contribution >= 4 is 11.6 Å². The Hall–Kier alpha value is -1.78. The van der Waals surface area contributed by atoms with Crippen LogP contribution < -0.4 is 5.73 Å². The van der Waals surface area contributed by atoms with Crippen molar-refractivity contribution in [2.45, 2.75) is 13.8 Å². The van der Waals surface area contributed by atoms with Crippen LogP contribution in [0.2, 0.25) is 0 Å². The van der Waals surface area contributed by atoms with Gasteiger partial charge in [-0.2, -0.15) is 5.10 Å². The molecule has 5 nitrogen and oxygen atoms in total. The van der Waals surface area contributed by atoms with Crippen molar-refractivity contribution in [1.29, 1.82) is 0 Å². The molecule has 1 aromatic heterocycles. The van der Waals surface area contributed by atoms with Crippen LogP contribution in [0, 0.1) is 6.92 Å². The van der Waals surface area contributed by atoms with E-state index in [9.17, 15) is 4.79 Å². The highest BCUT2D eigenvalue weighted by Gasteiger charge is 2.21. The monoisotopic (exact) mass is 222 g/mol. The van der Waals surface area contributed by atoms with Gasteiger partial charge in [-0.25, -0.2) is 0 Å². The first kappa shape index (κ1) is 12.3. The Morgan fingerprint density at radius 2 is 2.31 bits per heavy atom. The Balaban J connectivity index is 3.07. The van der Waals surface area contributed by atoms with Crippen LogP contribution in [-0.4, -0.2) is 33.7 Å². The topological polar surface area (TPSA) is 64.2 Å². The minimum absolute atomic E-state index is 0.108. The van der Waals surface area contributed by atoms with E-state index in [1.807, 2.05) is 6.92 Å². The van der Waals surface area contributed by atoms with Crippen molar-refractivity contribution in [3.63, 3.8) is 0 Å². The lowest BCUT2D eigenvalue weighted by Gasteiger charge is -2.19. The normalized spacial score (nSPS) is 10.2. The summed E-state index contributed by atoms with van der Waals surface area (Å²) in [6.07, 6.45) is 1.70. The van der Waals surface area contributed by atoms with Gasteiger partial charge in [-0.1, -0.05) is 6.08 Å². The molecule has 1 amide bonds. The lowest BCUT2D eigenvalue weighted by Crippen LogP contribution is -2.32. The van der Waals surface area contributed by atoms with Crippen LogP contribution in [0.1, 0.15) is 23.1 Å². The van der Waals surface area contributed by atoms with Gasteiger partial charge in [0.15, 0.2) is 0 Å². The molecule has 0 aliphatic heterocycles. The molecular formula is C11H18N4O. The Labute approximate surface area is 95.5 Å². The average molecular weight is 222 g/mol. The molecule has 1 heterocycles. The van der Waals surface area contributed by atoms with Crippen molar-refractivity contribution in [3.8, 4) is 0 Å². The maximum Gasteiger partial charge on any atom is 0.274 e. The number of aromatic nitrogens is 2. The first-order chi connectivity index (χ1) is 7.52. The van der Waals surface area contributed by atoms with E-state index in [2.05, 4.69) is 11.7 Å². The quantitative estimate of drug-likeness (QED) is 0.772. The smallest absolute Gasteiger partial charge is 0.274 e. The molecule has 1 aromatic rings. The third kappa shape index (κ3) is 2.08. The van der Waals surface area contributed by atoms with Gasteiger partial charge in [-0.15, -0.1) is 6.58 Å². The summed E-state index contributed by atoms with van der Waals surface area (Å²) in [5.41, 5.74) is 7.42. The van der Waals surface area contributed by atoms with Gasteiger partial charge in [0.05, 0.1) is 11.4 Å². The number of carbonyl (C=O) groups excluding carboxylic acids is 1. The molecule has 16 heavy (non-hydrogen) atoms. The first-order valence-corrected chi connectivity index (χ1v) is 5.22. The van der Waals surface area contributed by atoms with Gasteiger partial charge in [0.1, 0.15) is 5.69 Å². The average Bonchev–Trinajstić information content (AvgIpc) is 2.49. The summed E-state index contributed by atoms with van der Waals surface area (Å²) in [4.78, 5) is 13.8. The molecule has 2 N–H and O–H groups in total. The molecule has 0 atom stereocenters. The molecule has 0 saturated carbocycles. The lowest BCUT2D eigenvalue weighted by atomic mass is 10.2. The molecule has 0 unspecified atom stereocenters. The first-order valence-electron chi connectivity index (χ1n) is 5.22. The maximum absolute atomic E-state index is 12.2. The Morgan fingerprint density at radius 1 is 1.69 bits per heavy atom. The summed E-state index contributed by atoms with van der Waals surface area (Å²) >= 11 is 0. The number of amides is 1. The van der Waals surface area contributed by atoms with Crippen LogP contribution in [0.5, 0.6) is 0 Å². The van der Waals surface area contributed by atoms with Gasteiger partial charge >= 0.3 is 0 Å². The van der Waals surface area contributed by atoms with E-state index >= 15 is 0 Å². The molecule has 0 fully saturated rings. The molecule has 0 aliphatic carbocycles. The van der Waals surface area contributed by atoms with Gasteiger partial charge in [0, 0.05) is 20.1 Å². The fourth-order valence-electron chi connectivity index (χ4n) is 1.59. The Kier molecular flexibility index (Phi) is 3.71. The van der Waals surface area contributed by atoms with Crippen molar-refractivity contribution in [3.05, 3.63) is 24.0 Å². The number of carbonyl (C=O) groups is 1. The third-order valence-corrected chi connectivity index (χ3v) is 2.49. The summed E-state index contributed by atoms with van der Waals surface area (Å²) in [6, 6.07) is 0. The van der Waals surface area contributed by atoms with Gasteiger partial charge in [-0.3, -0.25) is 9.48 Å². The van der Waals surface area contributed by atoms with Crippen LogP contribution in [-0.2, 0) is 7.05 Å². The molecule has 0 bridgehead atoms. The van der Waals surface area contributed by atoms with E-state index in [0.717, 1.165) is 0 Å². The minimum Gasteiger partial charge on any atom is -0.395 e. The highest BCUT2D eigenvalue weighted by molar-refractivity contribution is 5.98. The number of nitrogens with two attached hydrogens (primary N) is 1. The molecule has 0 saturated heterocycles. The molecule has 0 spiro atoms. The van der Waals surface area contributed by atoms with E-state index in [1.54, 1.807) is 24.9 Å². The number of rotatable bonds is 4. The van der Waals surface area contributed by atoms with Crippen LogP contribution in [0.3, 0.4) is 0 Å². The van der Waals surface area contributed by atoms with Crippen LogP contribution in [0.25, 0.3) is 0 Å². The zero-order chi connectivity index (χ0) is 12.3. The third-order valence-electron chi connectivity index (χ3n) is 2.49. The van der Waals surface area contributed by atoms with Crippen LogP contribution in [0.15, 0.2) is 12.7 Å². The standard InChI is InChI=1S/C11H18N4O/c1-5-7-15(6-2)11(16)10-9(12)8(3)13-14(10)4/h5H,1,6-7,12H2,2-4H3. The Bertz CT molecular complexity index is 408. The predicted molar refractivity (Wildman–Crippen MR) is 64.1 cm³/mol. The summed E-state index contributed by atoms with van der Waals surface area (Å²) in [5.74, 6) is -0.108. The molecule has 88 valence electrons. The van der Waals surface area contributed by atoms with Crippen molar-refractivity contribution in [1.82, 2.24) is 14.7 Å². The predicted octanol–water partition coefficient (Wildman–Crippen LogP) is 0.959. The molecule has 5 heteroatoms. The van der Waals surface area contributed by atoms with Gasteiger partial charge in [0.2, 0.25) is 0 Å². The summed E-state index contributed by atoms with van der Waals surface area (Å²) in [6.45, 7) is 8.46. The number of likely N-dealkylation sites (N-methyl/N-ethyl adjacent to an activating group) is 1. The summed E-state index contributed by atoms with van der Waals surface area (Å²) < 4.78 is 1.53. The fraction of sp³-hybridized carbons (Fsp3) is 0.455. The van der Waals surface area contributed by atoms with Crippen molar-refractivity contribution in [2.75, 3.05) is 18.8 Å². The number of hydrogen-bond donors (Lipinski definition) is 1. The molecular weight excluding hydrogens is 204 g/mol. The zero-order valence-electron chi connectivity index (χ0n) is 10.0. The van der Waals surface area contributed by atoms with E-state index in [1.165, 1.54) is 4.68 Å². The van der Waals surface area contributed by atoms with E-state index in [4.69, 9.17) is 5.73 Å². The van der Waals surface area contributed by atoms with E-state index < -0.39 is 0 Å². The number of anilines is 1. The van der Waals surface area contributed by atoms with Gasteiger partial charge in [-0.05, 0) is 13.8 Å². The van der Waals surface area contributed by atoms with Crippen molar-refractivity contribution in [2.24, 2.45) is 7.05 Å². The molecule has 1 rings (SSSR count). The van der Waals surface area contributed by atoms with E-state index in [0.29, 0.717) is 30.2 Å². The minimum atomic E-state index is -0.108. The molecule has 0 aromatic carbocycles. The Morgan fingerprint density at radius 3 is 2.69 bits per heavy atom. The second-order valence-corrected chi connectivity index (χ2v) is 3.60. The maximum atomic E-state index is 12.2. The second kappa shape index (κ2) is 4.83. The second-order valence-electron chi connectivity index (χ2n) is 3.60. The highest BCUT2D eigenvalue weighted by atomic mass is 16.2. The largest absolute Gasteiger partial charge is 0.395 e. The molecule has 0 aliphatic rings. The van der Waals surface area contributed by atoms with Gasteiger partial charge < -0.3 is 10.6 Å². The van der Waals surface area contributed by atoms with Crippen LogP contribution >= 0.6 is 0 Å². The number of hydrogen-bond acceptors (Lipinski definition) is 3. The fourth-order valence-corrected chi connectivity index (χ4v) is 1.59. The number of nitrogens with zero attached hydrogens (tertiary/aromatic N) is 3. The summed E-state index contributed by atoms with van der Waals surface area (Å²) in [7, 11) is 1.72. The number of aryl methyl sites for hydroxylation is 2. The SMILES string of the molecule is C=CCN(CC)C(=O)c1c(N)c(C)nn1C. The van der Waals surface area contributed by atoms with E-state index in [-0.39, 0.29) is 5.91 Å². The lowest BCUT2D eigenvalue weighted by molar-refractivity contribution is 0.0772. The zero-order valence-corrected chi connectivity index (χ0v) is 10.0. The number of nitrogen functional groups attached to an aromatic ring is 1. The highest BCUT2D eigenvalue weighted by Crippen LogP contribution is 2.17. The molecule has 0 radical (unpaired) electrons. The van der Waals surface area contributed by atoms with Gasteiger partial charge in [0.25, 0.3) is 5.91 Å².